The Morgan fingerprint density at radius 3 is 1.91 bits per heavy atom. The lowest BCUT2D eigenvalue weighted by Gasteiger charge is -2.11. The zero-order valence-electron chi connectivity index (χ0n) is 26.3. The molecule has 3 aromatic carbocycles. The van der Waals surface area contributed by atoms with Gasteiger partial charge in [-0.2, -0.15) is 0 Å². The van der Waals surface area contributed by atoms with E-state index in [2.05, 4.69) is 6.92 Å². The van der Waals surface area contributed by atoms with Gasteiger partial charge >= 0.3 is 11.9 Å². The molecule has 5 nitrogen and oxygen atoms in total. The maximum Gasteiger partial charge on any atom is 0.343 e. The van der Waals surface area contributed by atoms with E-state index in [-0.39, 0.29) is 40.7 Å². The van der Waals surface area contributed by atoms with Crippen LogP contribution in [0.1, 0.15) is 112 Å². The van der Waals surface area contributed by atoms with Gasteiger partial charge in [0.15, 0.2) is 11.6 Å². The summed E-state index contributed by atoms with van der Waals surface area (Å²) >= 11 is 0. The van der Waals surface area contributed by atoms with E-state index in [9.17, 15) is 18.4 Å². The van der Waals surface area contributed by atoms with Crippen molar-refractivity contribution < 1.29 is 32.6 Å². The summed E-state index contributed by atoms with van der Waals surface area (Å²) < 4.78 is 45.7. The molecule has 0 bridgehead atoms. The molecule has 0 saturated carbocycles. The van der Waals surface area contributed by atoms with Crippen LogP contribution in [-0.2, 0) is 4.74 Å². The molecule has 0 heterocycles. The zero-order valence-corrected chi connectivity index (χ0v) is 26.3. The number of rotatable bonds is 19. The Labute approximate surface area is 260 Å². The van der Waals surface area contributed by atoms with Crippen molar-refractivity contribution in [1.82, 2.24) is 0 Å². The monoisotopic (exact) mass is 608 g/mol. The van der Waals surface area contributed by atoms with Gasteiger partial charge in [0.25, 0.3) is 0 Å². The zero-order chi connectivity index (χ0) is 31.7. The molecule has 0 aliphatic heterocycles. The molecule has 0 saturated heterocycles. The molecule has 3 aromatic rings. The minimum absolute atomic E-state index is 0.0553. The maximum absolute atomic E-state index is 14.8. The lowest BCUT2D eigenvalue weighted by molar-refractivity contribution is 0.0446. The van der Waals surface area contributed by atoms with Gasteiger partial charge < -0.3 is 14.2 Å². The van der Waals surface area contributed by atoms with Crippen molar-refractivity contribution in [2.24, 2.45) is 5.92 Å². The van der Waals surface area contributed by atoms with Gasteiger partial charge in [0, 0.05) is 5.56 Å². The van der Waals surface area contributed by atoms with Gasteiger partial charge in [0.1, 0.15) is 11.6 Å². The molecule has 0 spiro atoms. The Morgan fingerprint density at radius 1 is 0.705 bits per heavy atom. The Kier molecular flexibility index (Phi) is 14.9. The number of esters is 2. The molecule has 238 valence electrons. The van der Waals surface area contributed by atoms with Crippen LogP contribution in [0, 0.1) is 17.6 Å². The molecule has 0 aliphatic rings. The number of carbonyl (C=O) groups excluding carboxylic acids is 2. The smallest absolute Gasteiger partial charge is 0.343 e. The third kappa shape index (κ3) is 11.4. The molecule has 0 unspecified atom stereocenters. The molecule has 0 aromatic heterocycles. The van der Waals surface area contributed by atoms with Gasteiger partial charge in [-0.05, 0) is 60.4 Å². The predicted octanol–water partition coefficient (Wildman–Crippen LogP) is 10.4. The van der Waals surface area contributed by atoms with Crippen LogP contribution in [0.2, 0.25) is 0 Å². The average Bonchev–Trinajstić information content (AvgIpc) is 3.03. The van der Waals surface area contributed by atoms with Crippen LogP contribution in [0.4, 0.5) is 8.78 Å². The van der Waals surface area contributed by atoms with E-state index < -0.39 is 23.6 Å². The van der Waals surface area contributed by atoms with Crippen molar-refractivity contribution in [3.05, 3.63) is 83.4 Å². The topological polar surface area (TPSA) is 61.8 Å². The highest BCUT2D eigenvalue weighted by Gasteiger charge is 2.15. The van der Waals surface area contributed by atoms with Gasteiger partial charge in [-0.3, -0.25) is 0 Å². The standard InChI is InChI=1S/C37H46F2O5/c1-4-6-7-8-9-10-11-12-13-14-23-42-35-22-18-30(25-34(35)39)37(41)44-31-19-15-28(16-20-31)32-21-17-29(24-33(32)38)36(40)43-26-27(3)5-2/h15-22,24-25,27H,4-14,23,26H2,1-3H3/t27-/m0/s1. The van der Waals surface area contributed by atoms with Crippen LogP contribution in [0.5, 0.6) is 11.5 Å². The molecule has 3 rings (SSSR count). The third-order valence-electron chi connectivity index (χ3n) is 7.70. The summed E-state index contributed by atoms with van der Waals surface area (Å²) in [6.45, 7) is 6.91. The van der Waals surface area contributed by atoms with Crippen molar-refractivity contribution >= 4 is 11.9 Å². The Balaban J connectivity index is 1.44. The Bertz CT molecular complexity index is 1320. The van der Waals surface area contributed by atoms with Crippen LogP contribution in [0.3, 0.4) is 0 Å². The minimum Gasteiger partial charge on any atom is -0.491 e. The molecular weight excluding hydrogens is 562 g/mol. The first-order valence-corrected chi connectivity index (χ1v) is 16.0. The molecular formula is C37H46F2O5. The van der Waals surface area contributed by atoms with Gasteiger partial charge in [-0.1, -0.05) is 103 Å². The second-order valence-corrected chi connectivity index (χ2v) is 11.4. The third-order valence-corrected chi connectivity index (χ3v) is 7.70. The highest BCUT2D eigenvalue weighted by Crippen LogP contribution is 2.27. The molecule has 0 N–H and O–H groups in total. The van der Waals surface area contributed by atoms with E-state index in [1.165, 1.54) is 81.3 Å². The van der Waals surface area contributed by atoms with Crippen molar-refractivity contribution in [2.75, 3.05) is 13.2 Å². The first-order chi connectivity index (χ1) is 21.3. The number of hydrogen-bond acceptors (Lipinski definition) is 5. The minimum atomic E-state index is -0.718. The van der Waals surface area contributed by atoms with Crippen LogP contribution in [0.15, 0.2) is 60.7 Å². The lowest BCUT2D eigenvalue weighted by Crippen LogP contribution is -2.11. The van der Waals surface area contributed by atoms with Crippen molar-refractivity contribution in [3.63, 3.8) is 0 Å². The number of ether oxygens (including phenoxy) is 3. The number of hydrogen-bond donors (Lipinski definition) is 0. The largest absolute Gasteiger partial charge is 0.491 e. The summed E-state index contributed by atoms with van der Waals surface area (Å²) in [5.74, 6) is -1.91. The first-order valence-electron chi connectivity index (χ1n) is 16.0. The number of benzene rings is 3. The molecule has 44 heavy (non-hydrogen) atoms. The summed E-state index contributed by atoms with van der Waals surface area (Å²) in [5.41, 5.74) is 1.02. The molecule has 0 radical (unpaired) electrons. The van der Waals surface area contributed by atoms with Crippen molar-refractivity contribution in [3.8, 4) is 22.6 Å². The fraction of sp³-hybridized carbons (Fsp3) is 0.459. The van der Waals surface area contributed by atoms with E-state index in [4.69, 9.17) is 14.2 Å². The number of unbranched alkanes of at least 4 members (excludes halogenated alkanes) is 9. The van der Waals surface area contributed by atoms with Crippen LogP contribution in [0.25, 0.3) is 11.1 Å². The van der Waals surface area contributed by atoms with E-state index in [0.717, 1.165) is 37.8 Å². The Morgan fingerprint density at radius 2 is 1.30 bits per heavy atom. The summed E-state index contributed by atoms with van der Waals surface area (Å²) in [4.78, 5) is 24.9. The van der Waals surface area contributed by atoms with E-state index in [0.29, 0.717) is 12.2 Å². The van der Waals surface area contributed by atoms with Crippen LogP contribution < -0.4 is 9.47 Å². The van der Waals surface area contributed by atoms with Crippen molar-refractivity contribution in [2.45, 2.75) is 91.4 Å². The SMILES string of the molecule is CCCCCCCCCCCCOc1ccc(C(=O)Oc2ccc(-c3ccc(C(=O)OC[C@@H](C)CC)cc3F)cc2)cc1F. The summed E-state index contributed by atoms with van der Waals surface area (Å²) in [7, 11) is 0. The fourth-order valence-corrected chi connectivity index (χ4v) is 4.68. The highest BCUT2D eigenvalue weighted by molar-refractivity contribution is 5.91. The van der Waals surface area contributed by atoms with Crippen molar-refractivity contribution in [1.29, 1.82) is 0 Å². The second kappa shape index (κ2) is 18.8. The summed E-state index contributed by atoms with van der Waals surface area (Å²) in [6, 6.07) is 14.5. The molecule has 7 heteroatoms. The first kappa shape index (κ1) is 34.7. The summed E-state index contributed by atoms with van der Waals surface area (Å²) in [5, 5.41) is 0. The van der Waals surface area contributed by atoms with E-state index in [1.54, 1.807) is 12.1 Å². The molecule has 0 aliphatic carbocycles. The van der Waals surface area contributed by atoms with Gasteiger partial charge in [0.2, 0.25) is 0 Å². The summed E-state index contributed by atoms with van der Waals surface area (Å²) in [6.07, 6.45) is 13.0. The quantitative estimate of drug-likeness (QED) is 0.0770. The van der Waals surface area contributed by atoms with E-state index >= 15 is 0 Å². The highest BCUT2D eigenvalue weighted by atomic mass is 19.1. The Hall–Kier alpha value is -3.74. The van der Waals surface area contributed by atoms with E-state index in [1.807, 2.05) is 13.8 Å². The maximum atomic E-state index is 14.8. The van der Waals surface area contributed by atoms with Crippen LogP contribution in [-0.4, -0.2) is 25.2 Å². The molecule has 1 atom stereocenters. The number of carbonyl (C=O) groups is 2. The van der Waals surface area contributed by atoms with Gasteiger partial charge in [-0.25, -0.2) is 18.4 Å². The molecule has 0 amide bonds. The average molecular weight is 609 g/mol. The lowest BCUT2D eigenvalue weighted by atomic mass is 10.0. The van der Waals surface area contributed by atoms with Gasteiger partial charge in [0.05, 0.1) is 24.3 Å². The normalized spacial score (nSPS) is 11.7. The molecule has 0 fully saturated rings. The number of halogens is 2. The predicted molar refractivity (Wildman–Crippen MR) is 170 cm³/mol. The fourth-order valence-electron chi connectivity index (χ4n) is 4.68. The van der Waals surface area contributed by atoms with Crippen LogP contribution >= 0.6 is 0 Å². The van der Waals surface area contributed by atoms with Gasteiger partial charge in [-0.15, -0.1) is 0 Å². The second-order valence-electron chi connectivity index (χ2n) is 11.4.